The average Bonchev–Trinajstić information content (AvgIpc) is 2.68. The van der Waals surface area contributed by atoms with E-state index in [0.717, 1.165) is 59.5 Å². The van der Waals surface area contributed by atoms with Crippen LogP contribution < -0.4 is 9.47 Å². The topological polar surface area (TPSA) is 36.9 Å². The van der Waals surface area contributed by atoms with E-state index in [1.54, 1.807) is 0 Å². The fraction of sp³-hybridized carbons (Fsp3) is 0.440. The first kappa shape index (κ1) is 18.7. The normalized spacial score (nSPS) is 19.6. The first-order valence-electron chi connectivity index (χ1n) is 10.3. The highest BCUT2D eigenvalue weighted by atomic mass is 16.5. The summed E-state index contributed by atoms with van der Waals surface area (Å²) in [4.78, 5) is 0. The minimum atomic E-state index is 0.0874. The molecule has 29 heavy (non-hydrogen) atoms. The quantitative estimate of drug-likeness (QED) is 0.545. The summed E-state index contributed by atoms with van der Waals surface area (Å²) in [6.07, 6.45) is 0. The van der Waals surface area contributed by atoms with Gasteiger partial charge in [0.25, 0.3) is 0 Å². The highest BCUT2D eigenvalue weighted by Gasteiger charge is 2.36. The smallest absolute Gasteiger partial charge is 0.135 e. The molecule has 3 aromatic carbocycles. The van der Waals surface area contributed by atoms with E-state index >= 15 is 0 Å². The highest BCUT2D eigenvalue weighted by molar-refractivity contribution is 6.12. The average molecular weight is 392 g/mol. The predicted molar refractivity (Wildman–Crippen MR) is 115 cm³/mol. The Morgan fingerprint density at radius 1 is 0.724 bits per heavy atom. The molecule has 2 aliphatic heterocycles. The summed E-state index contributed by atoms with van der Waals surface area (Å²) in [7, 11) is 0. The zero-order valence-electron chi connectivity index (χ0n) is 17.4. The van der Waals surface area contributed by atoms with Gasteiger partial charge in [0.05, 0.1) is 39.6 Å². The molecule has 0 atom stereocenters. The number of hydrogen-bond donors (Lipinski definition) is 0. The number of hydrogen-bond acceptors (Lipinski definition) is 4. The van der Waals surface area contributed by atoms with Crippen LogP contribution in [-0.4, -0.2) is 39.6 Å². The van der Waals surface area contributed by atoms with Crippen LogP contribution in [0.2, 0.25) is 0 Å². The van der Waals surface area contributed by atoms with Crippen molar-refractivity contribution in [2.24, 2.45) is 10.8 Å². The molecule has 0 saturated carbocycles. The van der Waals surface area contributed by atoms with Gasteiger partial charge < -0.3 is 18.9 Å². The summed E-state index contributed by atoms with van der Waals surface area (Å²) in [6.45, 7) is 10.9. The summed E-state index contributed by atoms with van der Waals surface area (Å²) >= 11 is 0. The SMILES string of the molecule is Cc1cccc2c(OCC3(C)COC3)c3ccccc3c(OCC3(C)COC3)c12. The fourth-order valence-electron chi connectivity index (χ4n) is 4.18. The lowest BCUT2D eigenvalue weighted by atomic mass is 9.89. The Morgan fingerprint density at radius 2 is 1.24 bits per heavy atom. The number of fused-ring (bicyclic) bond motifs is 2. The van der Waals surface area contributed by atoms with Crippen molar-refractivity contribution in [3.05, 3.63) is 48.0 Å². The molecule has 0 N–H and O–H groups in total. The molecule has 4 heteroatoms. The Bertz CT molecular complexity index is 1060. The molecule has 0 spiro atoms. The molecule has 2 saturated heterocycles. The number of benzene rings is 3. The van der Waals surface area contributed by atoms with Crippen LogP contribution in [0.15, 0.2) is 42.5 Å². The van der Waals surface area contributed by atoms with Crippen LogP contribution in [0, 0.1) is 17.8 Å². The molecular weight excluding hydrogens is 364 g/mol. The monoisotopic (exact) mass is 392 g/mol. The summed E-state index contributed by atoms with van der Waals surface area (Å²) in [5.74, 6) is 1.89. The Balaban J connectivity index is 1.64. The van der Waals surface area contributed by atoms with Gasteiger partial charge in [-0.2, -0.15) is 0 Å². The van der Waals surface area contributed by atoms with Crippen molar-refractivity contribution in [3.63, 3.8) is 0 Å². The third kappa shape index (κ3) is 3.24. The van der Waals surface area contributed by atoms with Gasteiger partial charge in [-0.05, 0) is 12.5 Å². The Kier molecular flexibility index (Phi) is 4.45. The molecule has 5 rings (SSSR count). The molecule has 0 radical (unpaired) electrons. The first-order valence-corrected chi connectivity index (χ1v) is 10.3. The van der Waals surface area contributed by atoms with E-state index in [0.29, 0.717) is 13.2 Å². The fourth-order valence-corrected chi connectivity index (χ4v) is 4.18. The maximum atomic E-state index is 6.50. The van der Waals surface area contributed by atoms with Crippen LogP contribution in [0.1, 0.15) is 19.4 Å². The van der Waals surface area contributed by atoms with Gasteiger partial charge in [0, 0.05) is 32.4 Å². The molecule has 152 valence electrons. The molecule has 0 aliphatic carbocycles. The molecule has 2 aliphatic rings. The molecule has 0 amide bonds. The number of aryl methyl sites for hydroxylation is 1. The second kappa shape index (κ2) is 6.89. The number of rotatable bonds is 6. The predicted octanol–water partition coefficient (Wildman–Crippen LogP) is 5.13. The van der Waals surface area contributed by atoms with Crippen molar-refractivity contribution >= 4 is 21.5 Å². The lowest BCUT2D eigenvalue weighted by Crippen LogP contribution is -2.44. The molecule has 0 unspecified atom stereocenters. The summed E-state index contributed by atoms with van der Waals surface area (Å²) in [5, 5.41) is 4.44. The van der Waals surface area contributed by atoms with Crippen LogP contribution in [0.25, 0.3) is 21.5 Å². The van der Waals surface area contributed by atoms with Gasteiger partial charge in [0.15, 0.2) is 0 Å². The first-order chi connectivity index (χ1) is 14.0. The van der Waals surface area contributed by atoms with E-state index in [2.05, 4.69) is 63.2 Å². The zero-order valence-corrected chi connectivity index (χ0v) is 17.4. The zero-order chi connectivity index (χ0) is 20.1. The molecule has 2 heterocycles. The Labute approximate surface area is 171 Å². The van der Waals surface area contributed by atoms with E-state index < -0.39 is 0 Å². The summed E-state index contributed by atoms with van der Waals surface area (Å²) < 4.78 is 23.8. The number of ether oxygens (including phenoxy) is 4. The van der Waals surface area contributed by atoms with Crippen molar-refractivity contribution in [3.8, 4) is 11.5 Å². The largest absolute Gasteiger partial charge is 0.492 e. The van der Waals surface area contributed by atoms with E-state index in [4.69, 9.17) is 18.9 Å². The minimum Gasteiger partial charge on any atom is -0.492 e. The van der Waals surface area contributed by atoms with E-state index in [1.165, 1.54) is 5.56 Å². The van der Waals surface area contributed by atoms with Gasteiger partial charge in [-0.15, -0.1) is 0 Å². The van der Waals surface area contributed by atoms with Gasteiger partial charge in [-0.25, -0.2) is 0 Å². The Hall–Kier alpha value is -2.30. The van der Waals surface area contributed by atoms with Gasteiger partial charge in [-0.3, -0.25) is 0 Å². The van der Waals surface area contributed by atoms with Crippen molar-refractivity contribution in [1.82, 2.24) is 0 Å². The van der Waals surface area contributed by atoms with Crippen molar-refractivity contribution in [1.29, 1.82) is 0 Å². The van der Waals surface area contributed by atoms with Crippen LogP contribution in [0.3, 0.4) is 0 Å². The highest BCUT2D eigenvalue weighted by Crippen LogP contribution is 2.45. The van der Waals surface area contributed by atoms with Gasteiger partial charge in [-0.1, -0.05) is 56.3 Å². The Morgan fingerprint density at radius 3 is 1.79 bits per heavy atom. The van der Waals surface area contributed by atoms with Crippen LogP contribution in [0.4, 0.5) is 0 Å². The summed E-state index contributed by atoms with van der Waals surface area (Å²) in [5.41, 5.74) is 1.37. The van der Waals surface area contributed by atoms with Crippen molar-refractivity contribution in [2.45, 2.75) is 20.8 Å². The van der Waals surface area contributed by atoms with Gasteiger partial charge >= 0.3 is 0 Å². The molecule has 4 nitrogen and oxygen atoms in total. The molecular formula is C25H28O4. The molecule has 0 aromatic heterocycles. The second-order valence-corrected chi connectivity index (χ2v) is 9.39. The standard InChI is InChI=1S/C25H28O4/c1-17-7-6-10-20-21(17)23(29-16-25(3)13-27-14-25)19-9-5-4-8-18(19)22(20)28-15-24(2)11-26-12-24/h4-10H,11-16H2,1-3H3. The van der Waals surface area contributed by atoms with Crippen molar-refractivity contribution < 1.29 is 18.9 Å². The van der Waals surface area contributed by atoms with Crippen LogP contribution in [0.5, 0.6) is 11.5 Å². The van der Waals surface area contributed by atoms with Gasteiger partial charge in [0.1, 0.15) is 11.5 Å². The summed E-state index contributed by atoms with van der Waals surface area (Å²) in [6, 6.07) is 14.8. The second-order valence-electron chi connectivity index (χ2n) is 9.39. The van der Waals surface area contributed by atoms with E-state index in [-0.39, 0.29) is 10.8 Å². The molecule has 2 fully saturated rings. The maximum Gasteiger partial charge on any atom is 0.135 e. The third-order valence-corrected chi connectivity index (χ3v) is 6.09. The molecule has 0 bridgehead atoms. The van der Waals surface area contributed by atoms with Crippen molar-refractivity contribution in [2.75, 3.05) is 39.6 Å². The van der Waals surface area contributed by atoms with E-state index in [9.17, 15) is 0 Å². The lowest BCUT2D eigenvalue weighted by molar-refractivity contribution is -0.120. The lowest BCUT2D eigenvalue weighted by Gasteiger charge is -2.38. The van der Waals surface area contributed by atoms with E-state index in [1.807, 2.05) is 0 Å². The van der Waals surface area contributed by atoms with Crippen LogP contribution >= 0.6 is 0 Å². The van der Waals surface area contributed by atoms with Crippen LogP contribution in [-0.2, 0) is 9.47 Å². The third-order valence-electron chi connectivity index (χ3n) is 6.09. The molecule has 3 aromatic rings. The van der Waals surface area contributed by atoms with Gasteiger partial charge in [0.2, 0.25) is 0 Å². The minimum absolute atomic E-state index is 0.0874. The maximum absolute atomic E-state index is 6.50.